The lowest BCUT2D eigenvalue weighted by atomic mass is 10.00. The van der Waals surface area contributed by atoms with Gasteiger partial charge in [-0.05, 0) is 42.5 Å². The molecule has 0 aliphatic rings. The van der Waals surface area contributed by atoms with E-state index in [1.807, 2.05) is 18.2 Å². The van der Waals surface area contributed by atoms with Gasteiger partial charge in [-0.3, -0.25) is 0 Å². The van der Waals surface area contributed by atoms with Crippen LogP contribution >= 0.6 is 0 Å². The molecule has 0 amide bonds. The summed E-state index contributed by atoms with van der Waals surface area (Å²) in [4.78, 5) is 0. The van der Waals surface area contributed by atoms with Crippen LogP contribution in [-0.4, -0.2) is 12.6 Å². The van der Waals surface area contributed by atoms with E-state index in [4.69, 9.17) is 10.5 Å². The molecule has 0 radical (unpaired) electrons. The summed E-state index contributed by atoms with van der Waals surface area (Å²) >= 11 is 0. The fourth-order valence-corrected chi connectivity index (χ4v) is 2.27. The molecule has 106 valence electrons. The molecule has 2 aromatic rings. The van der Waals surface area contributed by atoms with Crippen molar-refractivity contribution in [1.29, 1.82) is 0 Å². The number of benzene rings is 2. The van der Waals surface area contributed by atoms with Gasteiger partial charge in [-0.25, -0.2) is 0 Å². The minimum Gasteiger partial charge on any atom is -0.494 e. The van der Waals surface area contributed by atoms with E-state index < -0.39 is 0 Å². The summed E-state index contributed by atoms with van der Waals surface area (Å²) in [5.74, 6) is 0.941. The second-order valence-corrected chi connectivity index (χ2v) is 5.15. The molecule has 0 saturated heterocycles. The second kappa shape index (κ2) is 7.71. The monoisotopic (exact) mass is 269 g/mol. The van der Waals surface area contributed by atoms with Gasteiger partial charge >= 0.3 is 0 Å². The summed E-state index contributed by atoms with van der Waals surface area (Å²) in [5.41, 5.74) is 8.78. The lowest BCUT2D eigenvalue weighted by Gasteiger charge is -2.13. The van der Waals surface area contributed by atoms with E-state index in [1.54, 1.807) is 0 Å². The number of nitrogens with two attached hydrogens (primary N) is 1. The van der Waals surface area contributed by atoms with Crippen LogP contribution in [0.2, 0.25) is 0 Å². The molecular formula is C18H23NO. The Labute approximate surface area is 121 Å². The summed E-state index contributed by atoms with van der Waals surface area (Å²) in [6.45, 7) is 2.87. The molecule has 2 nitrogen and oxygen atoms in total. The van der Waals surface area contributed by atoms with E-state index in [0.29, 0.717) is 0 Å². The van der Waals surface area contributed by atoms with E-state index >= 15 is 0 Å². The molecule has 0 bridgehead atoms. The van der Waals surface area contributed by atoms with Crippen LogP contribution in [-0.2, 0) is 12.8 Å². The number of ether oxygens (including phenoxy) is 1. The van der Waals surface area contributed by atoms with E-state index in [2.05, 4.69) is 43.3 Å². The van der Waals surface area contributed by atoms with Gasteiger partial charge in [0, 0.05) is 6.04 Å². The zero-order chi connectivity index (χ0) is 14.2. The smallest absolute Gasteiger partial charge is 0.119 e. The van der Waals surface area contributed by atoms with Crippen LogP contribution in [0.1, 0.15) is 24.5 Å². The van der Waals surface area contributed by atoms with Gasteiger partial charge in [0.05, 0.1) is 6.61 Å². The first-order valence-electron chi connectivity index (χ1n) is 7.29. The molecular weight excluding hydrogens is 246 g/mol. The third kappa shape index (κ3) is 4.71. The quantitative estimate of drug-likeness (QED) is 0.833. The highest BCUT2D eigenvalue weighted by atomic mass is 16.5. The SMILES string of the molecule is CCCOc1cccc(CC(N)Cc2ccccc2)c1. The minimum atomic E-state index is 0.138. The van der Waals surface area contributed by atoms with Gasteiger partial charge in [0.15, 0.2) is 0 Å². The van der Waals surface area contributed by atoms with Crippen LogP contribution in [0.3, 0.4) is 0 Å². The lowest BCUT2D eigenvalue weighted by molar-refractivity contribution is 0.317. The molecule has 2 aromatic carbocycles. The molecule has 2 rings (SSSR count). The summed E-state index contributed by atoms with van der Waals surface area (Å²) in [6, 6.07) is 18.8. The average molecular weight is 269 g/mol. The van der Waals surface area contributed by atoms with Crippen LogP contribution in [0.4, 0.5) is 0 Å². The van der Waals surface area contributed by atoms with Gasteiger partial charge in [-0.1, -0.05) is 49.4 Å². The van der Waals surface area contributed by atoms with E-state index in [9.17, 15) is 0 Å². The first-order chi connectivity index (χ1) is 9.78. The van der Waals surface area contributed by atoms with Crippen molar-refractivity contribution in [3.8, 4) is 5.75 Å². The molecule has 0 fully saturated rings. The molecule has 0 aliphatic carbocycles. The van der Waals surface area contributed by atoms with E-state index in [0.717, 1.165) is 31.6 Å². The molecule has 0 aliphatic heterocycles. The minimum absolute atomic E-state index is 0.138. The largest absolute Gasteiger partial charge is 0.494 e. The van der Waals surface area contributed by atoms with Gasteiger partial charge in [0.1, 0.15) is 5.75 Å². The Balaban J connectivity index is 1.92. The molecule has 1 unspecified atom stereocenters. The highest BCUT2D eigenvalue weighted by Crippen LogP contribution is 2.15. The first-order valence-corrected chi connectivity index (χ1v) is 7.29. The maximum Gasteiger partial charge on any atom is 0.119 e. The fraction of sp³-hybridized carbons (Fsp3) is 0.333. The number of hydrogen-bond acceptors (Lipinski definition) is 2. The third-order valence-electron chi connectivity index (χ3n) is 3.21. The normalized spacial score (nSPS) is 12.1. The molecule has 0 heterocycles. The molecule has 2 heteroatoms. The Morgan fingerprint density at radius 1 is 0.950 bits per heavy atom. The second-order valence-electron chi connectivity index (χ2n) is 5.15. The van der Waals surface area contributed by atoms with Gasteiger partial charge < -0.3 is 10.5 Å². The molecule has 0 spiro atoms. The van der Waals surface area contributed by atoms with Gasteiger partial charge in [-0.2, -0.15) is 0 Å². The first kappa shape index (κ1) is 14.6. The Morgan fingerprint density at radius 2 is 1.65 bits per heavy atom. The zero-order valence-electron chi connectivity index (χ0n) is 12.1. The van der Waals surface area contributed by atoms with Crippen LogP contribution in [0.25, 0.3) is 0 Å². The highest BCUT2D eigenvalue weighted by molar-refractivity contribution is 5.29. The van der Waals surface area contributed by atoms with Crippen LogP contribution < -0.4 is 10.5 Å². The Bertz CT molecular complexity index is 510. The van der Waals surface area contributed by atoms with Crippen molar-refractivity contribution in [2.45, 2.75) is 32.2 Å². The molecule has 2 N–H and O–H groups in total. The summed E-state index contributed by atoms with van der Waals surface area (Å²) in [7, 11) is 0. The topological polar surface area (TPSA) is 35.2 Å². The van der Waals surface area contributed by atoms with Crippen LogP contribution in [0.5, 0.6) is 5.75 Å². The Kier molecular flexibility index (Phi) is 5.63. The number of rotatable bonds is 7. The molecule has 0 saturated carbocycles. The van der Waals surface area contributed by atoms with Crippen molar-refractivity contribution < 1.29 is 4.74 Å². The van der Waals surface area contributed by atoms with Crippen molar-refractivity contribution in [1.82, 2.24) is 0 Å². The van der Waals surface area contributed by atoms with E-state index in [-0.39, 0.29) is 6.04 Å². The predicted molar refractivity (Wildman–Crippen MR) is 84.1 cm³/mol. The van der Waals surface area contributed by atoms with Crippen molar-refractivity contribution in [3.05, 3.63) is 65.7 Å². The molecule has 20 heavy (non-hydrogen) atoms. The van der Waals surface area contributed by atoms with Crippen LogP contribution in [0.15, 0.2) is 54.6 Å². The zero-order valence-corrected chi connectivity index (χ0v) is 12.1. The van der Waals surface area contributed by atoms with Crippen molar-refractivity contribution in [2.75, 3.05) is 6.61 Å². The average Bonchev–Trinajstić information content (AvgIpc) is 2.46. The molecule has 1 atom stereocenters. The predicted octanol–water partition coefficient (Wildman–Crippen LogP) is 3.59. The molecule has 0 aromatic heterocycles. The highest BCUT2D eigenvalue weighted by Gasteiger charge is 2.06. The summed E-state index contributed by atoms with van der Waals surface area (Å²) in [6.07, 6.45) is 2.80. The summed E-state index contributed by atoms with van der Waals surface area (Å²) in [5, 5.41) is 0. The third-order valence-corrected chi connectivity index (χ3v) is 3.21. The van der Waals surface area contributed by atoms with Gasteiger partial charge in [0.2, 0.25) is 0 Å². The van der Waals surface area contributed by atoms with Gasteiger partial charge in [0.25, 0.3) is 0 Å². The standard InChI is InChI=1S/C18H23NO/c1-2-11-20-18-10-6-9-16(14-18)13-17(19)12-15-7-4-3-5-8-15/h3-10,14,17H,2,11-13,19H2,1H3. The Morgan fingerprint density at radius 3 is 2.40 bits per heavy atom. The lowest BCUT2D eigenvalue weighted by Crippen LogP contribution is -2.25. The Hall–Kier alpha value is -1.80. The van der Waals surface area contributed by atoms with E-state index in [1.165, 1.54) is 11.1 Å². The summed E-state index contributed by atoms with van der Waals surface area (Å²) < 4.78 is 5.65. The van der Waals surface area contributed by atoms with Crippen LogP contribution in [0, 0.1) is 0 Å². The van der Waals surface area contributed by atoms with Gasteiger partial charge in [-0.15, -0.1) is 0 Å². The fourth-order valence-electron chi connectivity index (χ4n) is 2.27. The van der Waals surface area contributed by atoms with Crippen molar-refractivity contribution in [2.24, 2.45) is 5.73 Å². The van der Waals surface area contributed by atoms with Crippen molar-refractivity contribution in [3.63, 3.8) is 0 Å². The number of hydrogen-bond donors (Lipinski definition) is 1. The maximum atomic E-state index is 6.25. The van der Waals surface area contributed by atoms with Crippen molar-refractivity contribution >= 4 is 0 Å². The maximum absolute atomic E-state index is 6.25.